The summed E-state index contributed by atoms with van der Waals surface area (Å²) in [7, 11) is 0. The molecule has 2 rings (SSSR count). The Morgan fingerprint density at radius 3 is 2.71 bits per heavy atom. The molecule has 0 aromatic rings. The van der Waals surface area contributed by atoms with E-state index >= 15 is 0 Å². The fraction of sp³-hybridized carbons (Fsp3) is 1.00. The van der Waals surface area contributed by atoms with Crippen LogP contribution in [0.15, 0.2) is 0 Å². The van der Waals surface area contributed by atoms with Crippen molar-refractivity contribution in [3.8, 4) is 0 Å². The number of ether oxygens (including phenoxy) is 1. The Labute approximate surface area is 87.2 Å². The number of rotatable bonds is 5. The summed E-state index contributed by atoms with van der Waals surface area (Å²) in [5.74, 6) is 1.02. The van der Waals surface area contributed by atoms with Crippen molar-refractivity contribution in [1.29, 1.82) is 0 Å². The molecule has 1 aliphatic carbocycles. The second-order valence-electron chi connectivity index (χ2n) is 5.01. The molecule has 1 saturated heterocycles. The molecule has 14 heavy (non-hydrogen) atoms. The zero-order valence-electron chi connectivity index (χ0n) is 9.08. The highest BCUT2D eigenvalue weighted by molar-refractivity contribution is 4.77. The van der Waals surface area contributed by atoms with Gasteiger partial charge in [-0.25, -0.2) is 0 Å². The van der Waals surface area contributed by atoms with Crippen LogP contribution in [0.4, 0.5) is 0 Å². The van der Waals surface area contributed by atoms with E-state index in [9.17, 15) is 0 Å². The maximum Gasteiger partial charge on any atom is 0.0589 e. The second kappa shape index (κ2) is 5.13. The van der Waals surface area contributed by atoms with E-state index in [0.717, 1.165) is 18.9 Å². The minimum Gasteiger partial charge on any atom is -0.378 e. The average molecular weight is 197 g/mol. The quantitative estimate of drug-likeness (QED) is 0.735. The van der Waals surface area contributed by atoms with E-state index in [2.05, 4.69) is 0 Å². The van der Waals surface area contributed by atoms with Gasteiger partial charge in [0.25, 0.3) is 0 Å². The van der Waals surface area contributed by atoms with Crippen molar-refractivity contribution in [1.82, 2.24) is 0 Å². The molecule has 2 N–H and O–H groups in total. The zero-order chi connectivity index (χ0) is 9.80. The van der Waals surface area contributed by atoms with Gasteiger partial charge in [0.15, 0.2) is 0 Å². The van der Waals surface area contributed by atoms with Gasteiger partial charge < -0.3 is 10.5 Å². The topological polar surface area (TPSA) is 35.2 Å². The van der Waals surface area contributed by atoms with Gasteiger partial charge in [-0.3, -0.25) is 0 Å². The van der Waals surface area contributed by atoms with E-state index in [1.54, 1.807) is 0 Å². The van der Waals surface area contributed by atoms with Gasteiger partial charge in [-0.2, -0.15) is 0 Å². The largest absolute Gasteiger partial charge is 0.378 e. The molecule has 1 aliphatic heterocycles. The number of nitrogens with two attached hydrogens (primary N) is 1. The summed E-state index contributed by atoms with van der Waals surface area (Å²) in [6.07, 6.45) is 10.8. The van der Waals surface area contributed by atoms with Crippen LogP contribution in [0.25, 0.3) is 0 Å². The molecule has 2 aliphatic rings. The predicted octanol–water partition coefficient (Wildman–Crippen LogP) is 2.46. The molecule has 0 aromatic carbocycles. The van der Waals surface area contributed by atoms with E-state index in [0.29, 0.717) is 12.1 Å². The predicted molar refractivity (Wildman–Crippen MR) is 58.1 cm³/mol. The Kier molecular flexibility index (Phi) is 3.82. The third kappa shape index (κ3) is 3.58. The zero-order valence-corrected chi connectivity index (χ0v) is 9.08. The molecular formula is C12H23NO. The molecule has 0 radical (unpaired) electrons. The maximum absolute atomic E-state index is 6.10. The van der Waals surface area contributed by atoms with Gasteiger partial charge >= 0.3 is 0 Å². The molecule has 0 spiro atoms. The monoisotopic (exact) mass is 197 g/mol. The van der Waals surface area contributed by atoms with E-state index in [4.69, 9.17) is 10.5 Å². The summed E-state index contributed by atoms with van der Waals surface area (Å²) >= 11 is 0. The lowest BCUT2D eigenvalue weighted by Crippen LogP contribution is -2.30. The summed E-state index contributed by atoms with van der Waals surface area (Å²) in [4.78, 5) is 0. The van der Waals surface area contributed by atoms with Crippen LogP contribution in [0.5, 0.6) is 0 Å². The van der Waals surface area contributed by atoms with Crippen LogP contribution in [-0.2, 0) is 4.74 Å². The van der Waals surface area contributed by atoms with E-state index < -0.39 is 0 Å². The van der Waals surface area contributed by atoms with Crippen LogP contribution in [0.3, 0.4) is 0 Å². The van der Waals surface area contributed by atoms with Gasteiger partial charge in [0.1, 0.15) is 0 Å². The van der Waals surface area contributed by atoms with Crippen molar-refractivity contribution in [3.05, 3.63) is 0 Å². The highest BCUT2D eigenvalue weighted by atomic mass is 16.5. The van der Waals surface area contributed by atoms with Gasteiger partial charge in [0.2, 0.25) is 0 Å². The highest BCUT2D eigenvalue weighted by Gasteiger charge is 2.23. The smallest absolute Gasteiger partial charge is 0.0589 e. The molecule has 2 atom stereocenters. The van der Waals surface area contributed by atoms with Crippen LogP contribution in [0, 0.1) is 5.92 Å². The van der Waals surface area contributed by atoms with Gasteiger partial charge in [0.05, 0.1) is 6.10 Å². The Balaban J connectivity index is 1.57. The summed E-state index contributed by atoms with van der Waals surface area (Å²) in [5, 5.41) is 0. The SMILES string of the molecule is NC(CCC1CC1)CC1CCCCO1. The molecule has 1 heterocycles. The molecule has 0 bridgehead atoms. The lowest BCUT2D eigenvalue weighted by molar-refractivity contribution is 0.00686. The Bertz CT molecular complexity index is 162. The Morgan fingerprint density at radius 1 is 1.21 bits per heavy atom. The van der Waals surface area contributed by atoms with Crippen molar-refractivity contribution in [2.45, 2.75) is 63.5 Å². The standard InChI is InChI=1S/C12H23NO/c13-11(7-6-10-4-5-10)9-12-3-1-2-8-14-12/h10-12H,1-9,13H2. The molecule has 0 aromatic heterocycles. The van der Waals surface area contributed by atoms with Crippen molar-refractivity contribution in [2.75, 3.05) is 6.61 Å². The second-order valence-corrected chi connectivity index (χ2v) is 5.01. The molecule has 1 saturated carbocycles. The molecular weight excluding hydrogens is 174 g/mol. The van der Waals surface area contributed by atoms with Crippen LogP contribution in [0.2, 0.25) is 0 Å². The van der Waals surface area contributed by atoms with Gasteiger partial charge in [-0.1, -0.05) is 12.8 Å². The molecule has 82 valence electrons. The third-order valence-corrected chi connectivity index (χ3v) is 3.48. The average Bonchev–Trinajstić information content (AvgIpc) is 3.00. The molecule has 2 nitrogen and oxygen atoms in total. The van der Waals surface area contributed by atoms with E-state index in [1.807, 2.05) is 0 Å². The number of hydrogen-bond acceptors (Lipinski definition) is 2. The number of hydrogen-bond donors (Lipinski definition) is 1. The van der Waals surface area contributed by atoms with Gasteiger partial charge in [-0.05, 0) is 44.4 Å². The first-order valence-corrected chi connectivity index (χ1v) is 6.22. The first-order valence-electron chi connectivity index (χ1n) is 6.22. The first kappa shape index (κ1) is 10.4. The minimum atomic E-state index is 0.388. The molecule has 2 unspecified atom stereocenters. The van der Waals surface area contributed by atoms with Crippen LogP contribution in [-0.4, -0.2) is 18.8 Å². The fourth-order valence-corrected chi connectivity index (χ4v) is 2.31. The Morgan fingerprint density at radius 2 is 2.07 bits per heavy atom. The minimum absolute atomic E-state index is 0.388. The fourth-order valence-electron chi connectivity index (χ4n) is 2.31. The maximum atomic E-state index is 6.10. The summed E-state index contributed by atoms with van der Waals surface area (Å²) < 4.78 is 5.69. The Hall–Kier alpha value is -0.0800. The highest BCUT2D eigenvalue weighted by Crippen LogP contribution is 2.34. The van der Waals surface area contributed by atoms with Crippen LogP contribution in [0.1, 0.15) is 51.4 Å². The van der Waals surface area contributed by atoms with Crippen LogP contribution < -0.4 is 5.73 Å². The van der Waals surface area contributed by atoms with Crippen molar-refractivity contribution >= 4 is 0 Å². The lowest BCUT2D eigenvalue weighted by atomic mass is 9.99. The van der Waals surface area contributed by atoms with Crippen LogP contribution >= 0.6 is 0 Å². The van der Waals surface area contributed by atoms with Gasteiger partial charge in [-0.15, -0.1) is 0 Å². The first-order chi connectivity index (χ1) is 6.84. The van der Waals surface area contributed by atoms with Crippen molar-refractivity contribution < 1.29 is 4.74 Å². The van der Waals surface area contributed by atoms with Crippen molar-refractivity contribution in [2.24, 2.45) is 11.7 Å². The van der Waals surface area contributed by atoms with E-state index in [1.165, 1.54) is 44.9 Å². The summed E-state index contributed by atoms with van der Waals surface area (Å²) in [6, 6.07) is 0.388. The normalized spacial score (nSPS) is 30.2. The molecule has 2 fully saturated rings. The molecule has 2 heteroatoms. The summed E-state index contributed by atoms with van der Waals surface area (Å²) in [5.41, 5.74) is 6.10. The summed E-state index contributed by atoms with van der Waals surface area (Å²) in [6.45, 7) is 0.958. The third-order valence-electron chi connectivity index (χ3n) is 3.48. The lowest BCUT2D eigenvalue weighted by Gasteiger charge is -2.25. The van der Waals surface area contributed by atoms with E-state index in [-0.39, 0.29) is 0 Å². The molecule has 0 amide bonds. The van der Waals surface area contributed by atoms with Crippen molar-refractivity contribution in [3.63, 3.8) is 0 Å². The van der Waals surface area contributed by atoms with Gasteiger partial charge in [0, 0.05) is 12.6 Å².